The Labute approximate surface area is 321 Å². The molecule has 0 unspecified atom stereocenters. The average Bonchev–Trinajstić information content (AvgIpc) is 3.67. The van der Waals surface area contributed by atoms with Crippen LogP contribution in [-0.4, -0.2) is 15.0 Å². The number of aromatic nitrogens is 3. The zero-order chi connectivity index (χ0) is 36.6. The van der Waals surface area contributed by atoms with Crippen LogP contribution in [-0.2, 0) is 6.42 Å². The highest BCUT2D eigenvalue weighted by Gasteiger charge is 2.25. The third-order valence-electron chi connectivity index (χ3n) is 10.6. The first-order valence-corrected chi connectivity index (χ1v) is 18.7. The maximum atomic E-state index is 5.13. The lowest BCUT2D eigenvalue weighted by molar-refractivity contribution is 1.07. The summed E-state index contributed by atoms with van der Waals surface area (Å²) in [4.78, 5) is 15.2. The molecule has 0 amide bonds. The highest BCUT2D eigenvalue weighted by atomic mass is 15.0. The van der Waals surface area contributed by atoms with Gasteiger partial charge in [-0.15, -0.1) is 0 Å². The van der Waals surface area contributed by atoms with Crippen molar-refractivity contribution in [1.29, 1.82) is 0 Å². The molecule has 1 aromatic heterocycles. The number of benzene rings is 8. The van der Waals surface area contributed by atoms with Crippen molar-refractivity contribution < 1.29 is 0 Å². The quantitative estimate of drug-likeness (QED) is 0.166. The second-order valence-corrected chi connectivity index (χ2v) is 14.0. The fraction of sp³-hybridized carbons (Fsp3) is 0.0192. The molecule has 0 radical (unpaired) electrons. The predicted octanol–water partition coefficient (Wildman–Crippen LogP) is 13.1. The van der Waals surface area contributed by atoms with Crippen LogP contribution in [0.3, 0.4) is 0 Å². The normalized spacial score (nSPS) is 11.6. The molecule has 1 heterocycles. The van der Waals surface area contributed by atoms with Gasteiger partial charge in [-0.2, -0.15) is 0 Å². The summed E-state index contributed by atoms with van der Waals surface area (Å²) in [6, 6.07) is 70.7. The molecule has 9 aromatic rings. The van der Waals surface area contributed by atoms with E-state index in [1.54, 1.807) is 0 Å². The molecule has 0 saturated heterocycles. The van der Waals surface area contributed by atoms with Crippen molar-refractivity contribution in [3.8, 4) is 89.8 Å². The number of hydrogen-bond acceptors (Lipinski definition) is 3. The standard InChI is InChI=1S/C52H35N3/c1-4-15-35(16-5-1)38-21-10-23-40(31-38)44-27-13-29-46-47-30-14-28-45(49(47)34-48(44)46)41-24-12-26-43(33-41)52-54-50(37-19-8-3-9-20-37)53-51(55-52)42-25-11-22-39(32-42)36-17-6-2-7-18-36/h1-33H,34H2. The first kappa shape index (κ1) is 32.4. The van der Waals surface area contributed by atoms with Crippen LogP contribution in [0.2, 0.25) is 0 Å². The summed E-state index contributed by atoms with van der Waals surface area (Å²) in [7, 11) is 0. The van der Waals surface area contributed by atoms with Gasteiger partial charge in [0, 0.05) is 16.7 Å². The maximum Gasteiger partial charge on any atom is 0.164 e. The predicted molar refractivity (Wildman–Crippen MR) is 226 cm³/mol. The van der Waals surface area contributed by atoms with Crippen LogP contribution < -0.4 is 0 Å². The first-order chi connectivity index (χ1) is 27.2. The molecule has 0 atom stereocenters. The van der Waals surface area contributed by atoms with E-state index in [4.69, 9.17) is 15.0 Å². The van der Waals surface area contributed by atoms with Crippen molar-refractivity contribution in [2.75, 3.05) is 0 Å². The lowest BCUT2D eigenvalue weighted by Gasteiger charge is -2.12. The van der Waals surface area contributed by atoms with E-state index in [2.05, 4.69) is 176 Å². The minimum atomic E-state index is 0.645. The zero-order valence-electron chi connectivity index (χ0n) is 30.1. The van der Waals surface area contributed by atoms with Crippen molar-refractivity contribution in [3.05, 3.63) is 211 Å². The zero-order valence-corrected chi connectivity index (χ0v) is 30.1. The fourth-order valence-electron chi connectivity index (χ4n) is 7.92. The third-order valence-corrected chi connectivity index (χ3v) is 10.6. The van der Waals surface area contributed by atoms with Crippen molar-refractivity contribution in [2.45, 2.75) is 6.42 Å². The van der Waals surface area contributed by atoms with Gasteiger partial charge >= 0.3 is 0 Å². The topological polar surface area (TPSA) is 38.7 Å². The monoisotopic (exact) mass is 701 g/mol. The van der Waals surface area contributed by atoms with Gasteiger partial charge in [-0.25, -0.2) is 15.0 Å². The van der Waals surface area contributed by atoms with E-state index in [0.717, 1.165) is 39.8 Å². The molecule has 0 saturated carbocycles. The maximum absolute atomic E-state index is 5.13. The van der Waals surface area contributed by atoms with E-state index >= 15 is 0 Å². The van der Waals surface area contributed by atoms with Gasteiger partial charge in [0.15, 0.2) is 17.5 Å². The molecule has 0 spiro atoms. The second-order valence-electron chi connectivity index (χ2n) is 14.0. The molecular formula is C52H35N3. The van der Waals surface area contributed by atoms with Crippen LogP contribution in [0.15, 0.2) is 200 Å². The Bertz CT molecular complexity index is 2830. The van der Waals surface area contributed by atoms with Gasteiger partial charge in [0.05, 0.1) is 0 Å². The fourth-order valence-corrected chi connectivity index (χ4v) is 7.92. The van der Waals surface area contributed by atoms with E-state index in [-0.39, 0.29) is 0 Å². The summed E-state index contributed by atoms with van der Waals surface area (Å²) in [5.41, 5.74) is 17.8. The lowest BCUT2D eigenvalue weighted by Crippen LogP contribution is -2.00. The SMILES string of the molecule is c1ccc(-c2cccc(-c3nc(-c4ccccc4)nc(-c4cccc(-c5cccc6c5Cc5c(-c7cccc(-c8ccccc8)c7)cccc5-6)c4)n3)c2)cc1. The average molecular weight is 702 g/mol. The van der Waals surface area contributed by atoms with Crippen molar-refractivity contribution >= 4 is 0 Å². The van der Waals surface area contributed by atoms with Gasteiger partial charge in [-0.1, -0.05) is 182 Å². The molecule has 1 aliphatic carbocycles. The summed E-state index contributed by atoms with van der Waals surface area (Å²) >= 11 is 0. The number of fused-ring (bicyclic) bond motifs is 3. The molecule has 3 heteroatoms. The first-order valence-electron chi connectivity index (χ1n) is 18.7. The van der Waals surface area contributed by atoms with Crippen molar-refractivity contribution in [2.24, 2.45) is 0 Å². The summed E-state index contributed by atoms with van der Waals surface area (Å²) < 4.78 is 0. The van der Waals surface area contributed by atoms with Gasteiger partial charge in [0.25, 0.3) is 0 Å². The summed E-state index contributed by atoms with van der Waals surface area (Å²) in [6.07, 6.45) is 0.864. The Morgan fingerprint density at radius 2 is 0.545 bits per heavy atom. The van der Waals surface area contributed by atoms with Gasteiger partial charge in [-0.3, -0.25) is 0 Å². The van der Waals surface area contributed by atoms with E-state index in [0.29, 0.717) is 17.5 Å². The molecule has 1 aliphatic rings. The largest absolute Gasteiger partial charge is 0.208 e. The minimum absolute atomic E-state index is 0.645. The van der Waals surface area contributed by atoms with Gasteiger partial charge in [-0.05, 0) is 91.4 Å². The molecule has 258 valence electrons. The Morgan fingerprint density at radius 1 is 0.236 bits per heavy atom. The highest BCUT2D eigenvalue weighted by molar-refractivity contribution is 5.90. The highest BCUT2D eigenvalue weighted by Crippen LogP contribution is 2.46. The minimum Gasteiger partial charge on any atom is -0.208 e. The molecule has 0 fully saturated rings. The number of rotatable bonds is 7. The van der Waals surface area contributed by atoms with Crippen molar-refractivity contribution in [1.82, 2.24) is 15.0 Å². The van der Waals surface area contributed by atoms with E-state index < -0.39 is 0 Å². The molecular weight excluding hydrogens is 667 g/mol. The van der Waals surface area contributed by atoms with E-state index in [1.165, 1.54) is 50.1 Å². The van der Waals surface area contributed by atoms with E-state index in [1.807, 2.05) is 24.3 Å². The Balaban J connectivity index is 1.04. The molecule has 3 nitrogen and oxygen atoms in total. The van der Waals surface area contributed by atoms with Gasteiger partial charge in [0.1, 0.15) is 0 Å². The second kappa shape index (κ2) is 14.0. The van der Waals surface area contributed by atoms with Crippen LogP contribution in [0.4, 0.5) is 0 Å². The van der Waals surface area contributed by atoms with Gasteiger partial charge in [0.2, 0.25) is 0 Å². The Morgan fingerprint density at radius 3 is 1.02 bits per heavy atom. The van der Waals surface area contributed by atoms with Crippen LogP contribution >= 0.6 is 0 Å². The molecule has 0 aliphatic heterocycles. The summed E-state index contributed by atoms with van der Waals surface area (Å²) in [5.74, 6) is 1.94. The molecule has 0 bridgehead atoms. The van der Waals surface area contributed by atoms with Crippen LogP contribution in [0.5, 0.6) is 0 Å². The van der Waals surface area contributed by atoms with E-state index in [9.17, 15) is 0 Å². The number of hydrogen-bond donors (Lipinski definition) is 0. The smallest absolute Gasteiger partial charge is 0.164 e. The Kier molecular flexibility index (Phi) is 8.23. The molecule has 8 aromatic carbocycles. The Hall–Kier alpha value is -7.23. The molecule has 0 N–H and O–H groups in total. The van der Waals surface area contributed by atoms with Crippen molar-refractivity contribution in [3.63, 3.8) is 0 Å². The lowest BCUT2D eigenvalue weighted by atomic mass is 9.93. The molecule has 55 heavy (non-hydrogen) atoms. The van der Waals surface area contributed by atoms with Crippen LogP contribution in [0.25, 0.3) is 89.8 Å². The van der Waals surface area contributed by atoms with Crippen LogP contribution in [0, 0.1) is 0 Å². The number of nitrogens with zero attached hydrogens (tertiary/aromatic N) is 3. The summed E-state index contributed by atoms with van der Waals surface area (Å²) in [5, 5.41) is 0. The van der Waals surface area contributed by atoms with Crippen LogP contribution in [0.1, 0.15) is 11.1 Å². The third kappa shape index (κ3) is 6.22. The van der Waals surface area contributed by atoms with Gasteiger partial charge < -0.3 is 0 Å². The summed E-state index contributed by atoms with van der Waals surface area (Å²) in [6.45, 7) is 0. The molecule has 10 rings (SSSR count).